The second kappa shape index (κ2) is 6.39. The zero-order valence-corrected chi connectivity index (χ0v) is 12.5. The maximum atomic E-state index is 11.9. The van der Waals surface area contributed by atoms with Gasteiger partial charge >= 0.3 is 0 Å². The molecule has 1 aromatic rings. The molecule has 1 aromatic heterocycles. The van der Waals surface area contributed by atoms with Gasteiger partial charge in [-0.3, -0.25) is 4.79 Å². The molecule has 1 amide bonds. The van der Waals surface area contributed by atoms with Crippen molar-refractivity contribution >= 4 is 27.1 Å². The highest BCUT2D eigenvalue weighted by atomic mass is 32.2. The lowest BCUT2D eigenvalue weighted by Gasteiger charge is -2.08. The number of amides is 1. The molecule has 108 valence electrons. The number of thiophene rings is 1. The molecule has 0 aliphatic carbocycles. The molecular weight excluding hydrogens is 296 g/mol. The number of rotatable bonds is 3. The summed E-state index contributed by atoms with van der Waals surface area (Å²) in [6.45, 7) is 0.690. The third-order valence-electron chi connectivity index (χ3n) is 3.02. The van der Waals surface area contributed by atoms with E-state index in [9.17, 15) is 13.2 Å². The first-order chi connectivity index (χ1) is 9.50. The number of sulfone groups is 1. The van der Waals surface area contributed by atoms with E-state index in [-0.39, 0.29) is 29.9 Å². The minimum atomic E-state index is -2.89. The Balaban J connectivity index is 1.87. The van der Waals surface area contributed by atoms with Crippen LogP contribution in [0.3, 0.4) is 0 Å². The van der Waals surface area contributed by atoms with E-state index in [1.807, 2.05) is 0 Å². The first-order valence-electron chi connectivity index (χ1n) is 6.27. The summed E-state index contributed by atoms with van der Waals surface area (Å²) in [7, 11) is -2.89. The fourth-order valence-electron chi connectivity index (χ4n) is 2.02. The summed E-state index contributed by atoms with van der Waals surface area (Å²) in [6.07, 6.45) is 0.625. The highest BCUT2D eigenvalue weighted by Gasteiger charge is 2.28. The zero-order chi connectivity index (χ0) is 14.6. The second-order valence-electron chi connectivity index (χ2n) is 4.65. The molecule has 20 heavy (non-hydrogen) atoms. The molecule has 1 aliphatic heterocycles. The van der Waals surface area contributed by atoms with Crippen LogP contribution in [0.4, 0.5) is 0 Å². The van der Waals surface area contributed by atoms with Crippen LogP contribution in [-0.4, -0.2) is 38.9 Å². The molecule has 7 heteroatoms. The van der Waals surface area contributed by atoms with E-state index in [0.29, 0.717) is 17.8 Å². The first kappa shape index (κ1) is 15.0. The summed E-state index contributed by atoms with van der Waals surface area (Å²) >= 11 is 1.30. The second-order valence-corrected chi connectivity index (χ2v) is 7.96. The maximum Gasteiger partial charge on any atom is 0.261 e. The SMILES string of the molecule is NCC#Cc1ccc(C(=O)NCC2CCS(=O)(=O)C2)s1. The number of carbonyl (C=O) groups excluding carboxylic acids is 1. The van der Waals surface area contributed by atoms with Crippen molar-refractivity contribution in [3.05, 3.63) is 21.9 Å². The van der Waals surface area contributed by atoms with Crippen molar-refractivity contribution in [1.82, 2.24) is 5.32 Å². The van der Waals surface area contributed by atoms with Gasteiger partial charge in [0.25, 0.3) is 5.91 Å². The molecule has 5 nitrogen and oxygen atoms in total. The van der Waals surface area contributed by atoms with Gasteiger partial charge in [0.1, 0.15) is 0 Å². The minimum Gasteiger partial charge on any atom is -0.351 e. The van der Waals surface area contributed by atoms with E-state index in [1.54, 1.807) is 12.1 Å². The van der Waals surface area contributed by atoms with Crippen LogP contribution in [0.5, 0.6) is 0 Å². The quantitative estimate of drug-likeness (QED) is 0.782. The molecule has 0 aromatic carbocycles. The van der Waals surface area contributed by atoms with Gasteiger partial charge in [0.05, 0.1) is 27.8 Å². The zero-order valence-electron chi connectivity index (χ0n) is 10.9. The average Bonchev–Trinajstić information content (AvgIpc) is 3.00. The smallest absolute Gasteiger partial charge is 0.261 e. The van der Waals surface area contributed by atoms with Crippen molar-refractivity contribution < 1.29 is 13.2 Å². The van der Waals surface area contributed by atoms with Crippen LogP contribution in [0, 0.1) is 17.8 Å². The van der Waals surface area contributed by atoms with E-state index < -0.39 is 9.84 Å². The van der Waals surface area contributed by atoms with Gasteiger partial charge in [-0.25, -0.2) is 8.42 Å². The van der Waals surface area contributed by atoms with E-state index in [4.69, 9.17) is 5.73 Å². The van der Waals surface area contributed by atoms with Crippen molar-refractivity contribution in [1.29, 1.82) is 0 Å². The molecule has 0 spiro atoms. The number of carbonyl (C=O) groups is 1. The third-order valence-corrected chi connectivity index (χ3v) is 5.86. The number of hydrogen-bond donors (Lipinski definition) is 2. The Morgan fingerprint density at radius 2 is 2.30 bits per heavy atom. The number of nitrogens with two attached hydrogens (primary N) is 1. The van der Waals surface area contributed by atoms with Gasteiger partial charge in [0, 0.05) is 6.54 Å². The largest absolute Gasteiger partial charge is 0.351 e. The van der Waals surface area contributed by atoms with Gasteiger partial charge in [-0.2, -0.15) is 0 Å². The lowest BCUT2D eigenvalue weighted by Crippen LogP contribution is -2.29. The third kappa shape index (κ3) is 4.07. The van der Waals surface area contributed by atoms with Crippen molar-refractivity contribution in [2.45, 2.75) is 6.42 Å². The maximum absolute atomic E-state index is 11.9. The lowest BCUT2D eigenvalue weighted by molar-refractivity contribution is 0.0952. The van der Waals surface area contributed by atoms with Gasteiger partial charge in [0.15, 0.2) is 9.84 Å². The molecule has 0 saturated carbocycles. The summed E-state index contributed by atoms with van der Waals surface area (Å²) in [5, 5.41) is 2.78. The van der Waals surface area contributed by atoms with E-state index in [0.717, 1.165) is 4.88 Å². The summed E-state index contributed by atoms with van der Waals surface area (Å²) in [4.78, 5) is 13.3. The highest BCUT2D eigenvalue weighted by Crippen LogP contribution is 2.18. The van der Waals surface area contributed by atoms with E-state index in [1.165, 1.54) is 11.3 Å². The Morgan fingerprint density at radius 3 is 2.95 bits per heavy atom. The molecule has 3 N–H and O–H groups in total. The van der Waals surface area contributed by atoms with Crippen LogP contribution in [0.25, 0.3) is 0 Å². The fraction of sp³-hybridized carbons (Fsp3) is 0.462. The first-order valence-corrected chi connectivity index (χ1v) is 8.91. The average molecular weight is 312 g/mol. The van der Waals surface area contributed by atoms with Gasteiger partial charge in [-0.05, 0) is 24.5 Å². The van der Waals surface area contributed by atoms with Crippen molar-refractivity contribution in [2.75, 3.05) is 24.6 Å². The van der Waals surface area contributed by atoms with Crippen molar-refractivity contribution in [3.8, 4) is 11.8 Å². The predicted molar refractivity (Wildman–Crippen MR) is 79.3 cm³/mol. The molecule has 0 bridgehead atoms. The summed E-state index contributed by atoms with van der Waals surface area (Å²) in [5.41, 5.74) is 5.29. The van der Waals surface area contributed by atoms with Gasteiger partial charge in [0.2, 0.25) is 0 Å². The van der Waals surface area contributed by atoms with Crippen LogP contribution in [0.2, 0.25) is 0 Å². The number of nitrogens with one attached hydrogen (secondary N) is 1. The standard InChI is InChI=1S/C13H16N2O3S2/c14-6-1-2-11-3-4-12(19-11)13(16)15-8-10-5-7-20(17,18)9-10/h3-4,10H,5-9,14H2,(H,15,16). The molecule has 2 rings (SSSR count). The van der Waals surface area contributed by atoms with E-state index >= 15 is 0 Å². The van der Waals surface area contributed by atoms with Crippen LogP contribution in [0.1, 0.15) is 21.0 Å². The molecule has 0 radical (unpaired) electrons. The summed E-state index contributed by atoms with van der Waals surface area (Å²) in [6, 6.07) is 3.49. The van der Waals surface area contributed by atoms with Crippen molar-refractivity contribution in [2.24, 2.45) is 11.7 Å². The summed E-state index contributed by atoms with van der Waals surface area (Å²) < 4.78 is 22.6. The van der Waals surface area contributed by atoms with E-state index in [2.05, 4.69) is 17.2 Å². The molecule has 1 saturated heterocycles. The topological polar surface area (TPSA) is 89.3 Å². The molecule has 1 unspecified atom stereocenters. The Labute approximate surface area is 122 Å². The van der Waals surface area contributed by atoms with Crippen LogP contribution < -0.4 is 11.1 Å². The van der Waals surface area contributed by atoms with Gasteiger partial charge in [-0.1, -0.05) is 11.8 Å². The Kier molecular flexibility index (Phi) is 4.81. The molecular formula is C13H16N2O3S2. The van der Waals surface area contributed by atoms with Gasteiger partial charge in [-0.15, -0.1) is 11.3 Å². The Bertz CT molecular complexity index is 653. The minimum absolute atomic E-state index is 0.0282. The molecule has 1 fully saturated rings. The van der Waals surface area contributed by atoms with Crippen molar-refractivity contribution in [3.63, 3.8) is 0 Å². The van der Waals surface area contributed by atoms with Crippen LogP contribution >= 0.6 is 11.3 Å². The number of hydrogen-bond acceptors (Lipinski definition) is 5. The highest BCUT2D eigenvalue weighted by molar-refractivity contribution is 7.91. The van der Waals surface area contributed by atoms with Crippen LogP contribution in [-0.2, 0) is 9.84 Å². The Hall–Kier alpha value is -1.36. The predicted octanol–water partition coefficient (Wildman–Crippen LogP) is 0.223. The van der Waals surface area contributed by atoms with Crippen LogP contribution in [0.15, 0.2) is 12.1 Å². The molecule has 2 heterocycles. The van der Waals surface area contributed by atoms with Gasteiger partial charge < -0.3 is 11.1 Å². The monoisotopic (exact) mass is 312 g/mol. The summed E-state index contributed by atoms with van der Waals surface area (Å²) in [5.74, 6) is 5.85. The fourth-order valence-corrected chi connectivity index (χ4v) is 4.68. The molecule has 1 atom stereocenters. The molecule has 1 aliphatic rings. The normalized spacial score (nSPS) is 20.1. The Morgan fingerprint density at radius 1 is 1.50 bits per heavy atom. The lowest BCUT2D eigenvalue weighted by atomic mass is 10.1.